The Balaban J connectivity index is 1.12. The summed E-state index contributed by atoms with van der Waals surface area (Å²) in [4.78, 5) is 31.4. The predicted molar refractivity (Wildman–Crippen MR) is 144 cm³/mol. The number of rotatable bonds is 8. The molecule has 0 radical (unpaired) electrons. The lowest BCUT2D eigenvalue weighted by Gasteiger charge is -2.32. The van der Waals surface area contributed by atoms with Crippen molar-refractivity contribution in [2.24, 2.45) is 0 Å². The molecule has 4 aromatic rings. The molecule has 0 saturated carbocycles. The zero-order valence-corrected chi connectivity index (χ0v) is 21.4. The van der Waals surface area contributed by atoms with Crippen LogP contribution in [-0.2, 0) is 22.6 Å². The van der Waals surface area contributed by atoms with Crippen LogP contribution in [-0.4, -0.2) is 52.1 Å². The van der Waals surface area contributed by atoms with Gasteiger partial charge in [-0.15, -0.1) is 0 Å². The second-order valence-electron chi connectivity index (χ2n) is 9.61. The molecule has 2 aromatic heterocycles. The van der Waals surface area contributed by atoms with Crippen molar-refractivity contribution >= 4 is 22.8 Å². The quantitative estimate of drug-likeness (QED) is 0.342. The standard InChI is InChI=1S/C30H31FN4O3/c1-2-38-29(36)20-35-15-10-23-16-21(6-9-28(23)35)19-34-13-11-26(12-14-34)33-30(37)24-7-8-27(32-18-24)22-4-3-5-25(31)17-22/h3-10,15-18,26H,2,11-14,19-20H2,1H3,(H,33,37). The largest absolute Gasteiger partial charge is 0.465 e. The van der Waals surface area contributed by atoms with Gasteiger partial charge in [-0.25, -0.2) is 4.39 Å². The van der Waals surface area contributed by atoms with E-state index in [0.717, 1.165) is 43.4 Å². The molecular weight excluding hydrogens is 483 g/mol. The molecule has 2 aromatic carbocycles. The molecule has 1 saturated heterocycles. The average molecular weight is 515 g/mol. The molecule has 1 aliphatic heterocycles. The van der Waals surface area contributed by atoms with Gasteiger partial charge in [-0.1, -0.05) is 18.2 Å². The maximum absolute atomic E-state index is 13.5. The first-order chi connectivity index (χ1) is 18.5. The van der Waals surface area contributed by atoms with Gasteiger partial charge >= 0.3 is 5.97 Å². The van der Waals surface area contributed by atoms with Gasteiger partial charge in [0.05, 0.1) is 17.9 Å². The van der Waals surface area contributed by atoms with E-state index in [1.54, 1.807) is 30.5 Å². The van der Waals surface area contributed by atoms with E-state index in [1.165, 1.54) is 17.7 Å². The number of likely N-dealkylation sites (tertiary alicyclic amines) is 1. The van der Waals surface area contributed by atoms with Crippen molar-refractivity contribution in [2.45, 2.75) is 38.9 Å². The van der Waals surface area contributed by atoms with Crippen LogP contribution < -0.4 is 5.32 Å². The van der Waals surface area contributed by atoms with Gasteiger partial charge in [0.25, 0.3) is 5.91 Å². The second-order valence-corrected chi connectivity index (χ2v) is 9.61. The second kappa shape index (κ2) is 11.6. The number of fused-ring (bicyclic) bond motifs is 1. The molecule has 38 heavy (non-hydrogen) atoms. The number of benzene rings is 2. The molecule has 0 atom stereocenters. The number of carbonyl (C=O) groups is 2. The lowest BCUT2D eigenvalue weighted by molar-refractivity contribution is -0.143. The first-order valence-corrected chi connectivity index (χ1v) is 13.0. The van der Waals surface area contributed by atoms with Crippen molar-refractivity contribution in [2.75, 3.05) is 19.7 Å². The monoisotopic (exact) mass is 514 g/mol. The van der Waals surface area contributed by atoms with E-state index in [-0.39, 0.29) is 30.3 Å². The van der Waals surface area contributed by atoms with E-state index in [9.17, 15) is 14.0 Å². The number of ether oxygens (including phenoxy) is 1. The molecule has 5 rings (SSSR count). The molecule has 0 aliphatic carbocycles. The minimum absolute atomic E-state index is 0.112. The van der Waals surface area contributed by atoms with Gasteiger partial charge in [-0.3, -0.25) is 19.5 Å². The van der Waals surface area contributed by atoms with Crippen molar-refractivity contribution in [1.29, 1.82) is 0 Å². The van der Waals surface area contributed by atoms with Gasteiger partial charge in [0, 0.05) is 49.1 Å². The molecule has 1 amide bonds. The maximum atomic E-state index is 13.5. The summed E-state index contributed by atoms with van der Waals surface area (Å²) in [5, 5.41) is 4.24. The molecule has 0 bridgehead atoms. The van der Waals surface area contributed by atoms with Crippen LogP contribution >= 0.6 is 0 Å². The molecule has 1 fully saturated rings. The number of carbonyl (C=O) groups excluding carboxylic acids is 2. The molecule has 0 unspecified atom stereocenters. The Morgan fingerprint density at radius 1 is 1.08 bits per heavy atom. The van der Waals surface area contributed by atoms with Gasteiger partial charge in [0.15, 0.2) is 0 Å². The normalized spacial score (nSPS) is 14.5. The minimum Gasteiger partial charge on any atom is -0.465 e. The maximum Gasteiger partial charge on any atom is 0.325 e. The first kappa shape index (κ1) is 25.6. The molecule has 1 aliphatic rings. The number of pyridine rings is 1. The zero-order chi connectivity index (χ0) is 26.5. The van der Waals surface area contributed by atoms with Crippen molar-refractivity contribution in [3.63, 3.8) is 0 Å². The van der Waals surface area contributed by atoms with Gasteiger partial charge in [0.1, 0.15) is 12.4 Å². The number of nitrogens with zero attached hydrogens (tertiary/aromatic N) is 3. The summed E-state index contributed by atoms with van der Waals surface area (Å²) in [7, 11) is 0. The Labute approximate surface area is 221 Å². The predicted octanol–water partition coefficient (Wildman–Crippen LogP) is 4.80. The zero-order valence-electron chi connectivity index (χ0n) is 21.4. The van der Waals surface area contributed by atoms with E-state index in [2.05, 4.69) is 33.4 Å². The topological polar surface area (TPSA) is 76.5 Å². The summed E-state index contributed by atoms with van der Waals surface area (Å²) in [6.45, 7) is 5.02. The Bertz CT molecular complexity index is 1430. The van der Waals surface area contributed by atoms with E-state index in [1.807, 2.05) is 23.8 Å². The van der Waals surface area contributed by atoms with Crippen LogP contribution in [0.2, 0.25) is 0 Å². The van der Waals surface area contributed by atoms with Crippen LogP contribution in [0.15, 0.2) is 73.1 Å². The van der Waals surface area contributed by atoms with Gasteiger partial charge in [-0.05, 0) is 73.2 Å². The highest BCUT2D eigenvalue weighted by Crippen LogP contribution is 2.21. The highest BCUT2D eigenvalue weighted by molar-refractivity contribution is 5.94. The van der Waals surface area contributed by atoms with E-state index < -0.39 is 0 Å². The summed E-state index contributed by atoms with van der Waals surface area (Å²) >= 11 is 0. The molecular formula is C30H31FN4O3. The summed E-state index contributed by atoms with van der Waals surface area (Å²) in [5.74, 6) is -0.691. The van der Waals surface area contributed by atoms with Crippen LogP contribution in [0.25, 0.3) is 22.2 Å². The highest BCUT2D eigenvalue weighted by Gasteiger charge is 2.21. The van der Waals surface area contributed by atoms with Crippen LogP contribution in [0.3, 0.4) is 0 Å². The number of halogens is 1. The van der Waals surface area contributed by atoms with Crippen molar-refractivity contribution in [3.05, 3.63) is 90.0 Å². The lowest BCUT2D eigenvalue weighted by Crippen LogP contribution is -2.44. The summed E-state index contributed by atoms with van der Waals surface area (Å²) in [5.41, 5.74) is 4.04. The van der Waals surface area contributed by atoms with E-state index >= 15 is 0 Å². The Hall–Kier alpha value is -4.04. The molecule has 0 spiro atoms. The van der Waals surface area contributed by atoms with Crippen LogP contribution in [0.5, 0.6) is 0 Å². The molecule has 7 nitrogen and oxygen atoms in total. The number of hydrogen-bond acceptors (Lipinski definition) is 5. The summed E-state index contributed by atoms with van der Waals surface area (Å²) < 4.78 is 20.5. The van der Waals surface area contributed by atoms with Crippen LogP contribution in [0, 0.1) is 5.82 Å². The highest BCUT2D eigenvalue weighted by atomic mass is 19.1. The fourth-order valence-electron chi connectivity index (χ4n) is 4.94. The molecule has 196 valence electrons. The Morgan fingerprint density at radius 2 is 1.92 bits per heavy atom. The van der Waals surface area contributed by atoms with Crippen LogP contribution in [0.4, 0.5) is 4.39 Å². The number of esters is 1. The number of piperidine rings is 1. The van der Waals surface area contributed by atoms with Gasteiger partial charge in [0.2, 0.25) is 0 Å². The van der Waals surface area contributed by atoms with E-state index in [0.29, 0.717) is 23.4 Å². The average Bonchev–Trinajstić information content (AvgIpc) is 3.31. The Morgan fingerprint density at radius 3 is 2.66 bits per heavy atom. The fourth-order valence-corrected chi connectivity index (χ4v) is 4.94. The smallest absolute Gasteiger partial charge is 0.325 e. The third-order valence-corrected chi connectivity index (χ3v) is 6.92. The molecule has 1 N–H and O–H groups in total. The number of hydrogen-bond donors (Lipinski definition) is 1. The number of amides is 1. The lowest BCUT2D eigenvalue weighted by atomic mass is 10.0. The van der Waals surface area contributed by atoms with Crippen molar-refractivity contribution < 1.29 is 18.7 Å². The number of aromatic nitrogens is 2. The fraction of sp³-hybridized carbons (Fsp3) is 0.300. The minimum atomic E-state index is -0.317. The Kier molecular flexibility index (Phi) is 7.79. The molecule has 8 heteroatoms. The summed E-state index contributed by atoms with van der Waals surface area (Å²) in [6.07, 6.45) is 5.21. The summed E-state index contributed by atoms with van der Waals surface area (Å²) in [6, 6.07) is 18.2. The van der Waals surface area contributed by atoms with Crippen molar-refractivity contribution in [1.82, 2.24) is 19.8 Å². The third-order valence-electron chi connectivity index (χ3n) is 6.92. The van der Waals surface area contributed by atoms with Gasteiger partial charge in [-0.2, -0.15) is 0 Å². The SMILES string of the molecule is CCOC(=O)Cn1ccc2cc(CN3CCC(NC(=O)c4ccc(-c5cccc(F)c5)nc4)CC3)ccc21. The number of nitrogens with one attached hydrogen (secondary N) is 1. The van der Waals surface area contributed by atoms with Gasteiger partial charge < -0.3 is 14.6 Å². The third kappa shape index (κ3) is 6.08. The first-order valence-electron chi connectivity index (χ1n) is 13.0. The van der Waals surface area contributed by atoms with Crippen LogP contribution in [0.1, 0.15) is 35.7 Å². The van der Waals surface area contributed by atoms with Crippen molar-refractivity contribution in [3.8, 4) is 11.3 Å². The molecule has 3 heterocycles. The van der Waals surface area contributed by atoms with E-state index in [4.69, 9.17) is 4.74 Å².